The minimum Gasteiger partial charge on any atom is -0.368 e. The van der Waals surface area contributed by atoms with Gasteiger partial charge in [-0.2, -0.15) is 4.31 Å². The number of carbonyl (C=O) groups is 1. The fourth-order valence-electron chi connectivity index (χ4n) is 5.26. The van der Waals surface area contributed by atoms with Crippen LogP contribution in [-0.2, 0) is 14.8 Å². The molecular weight excluding hydrogens is 477 g/mol. The van der Waals surface area contributed by atoms with Gasteiger partial charge in [0.1, 0.15) is 5.82 Å². The van der Waals surface area contributed by atoms with E-state index < -0.39 is 27.8 Å². The number of nitrogens with zero attached hydrogens (tertiary/aromatic N) is 3. The molecule has 188 valence electrons. The van der Waals surface area contributed by atoms with Crippen molar-refractivity contribution < 1.29 is 17.6 Å². The van der Waals surface area contributed by atoms with Crippen LogP contribution in [0.15, 0.2) is 89.8 Å². The normalized spacial score (nSPS) is 21.4. The van der Waals surface area contributed by atoms with Crippen LogP contribution in [0.4, 0.5) is 10.1 Å². The SMILES string of the molecule is O=C([C@@H]1CC[C@H](c2cccc(F)c2)N(S(=O)(=O)c2ccccc2)C1)N1CCN(c2ccccc2)CC1. The van der Waals surface area contributed by atoms with Gasteiger partial charge in [-0.1, -0.05) is 48.5 Å². The Bertz CT molecular complexity index is 1300. The summed E-state index contributed by atoms with van der Waals surface area (Å²) in [6.07, 6.45) is 1.01. The van der Waals surface area contributed by atoms with Crippen LogP contribution in [0.25, 0.3) is 0 Å². The second kappa shape index (κ2) is 10.4. The van der Waals surface area contributed by atoms with Gasteiger partial charge in [-0.05, 0) is 54.8 Å². The summed E-state index contributed by atoms with van der Waals surface area (Å²) in [7, 11) is -3.88. The highest BCUT2D eigenvalue weighted by Crippen LogP contribution is 2.38. The average molecular weight is 508 g/mol. The monoisotopic (exact) mass is 507 g/mol. The molecule has 2 aliphatic heterocycles. The van der Waals surface area contributed by atoms with E-state index in [2.05, 4.69) is 17.0 Å². The Morgan fingerprint density at radius 1 is 0.806 bits per heavy atom. The lowest BCUT2D eigenvalue weighted by atomic mass is 9.90. The van der Waals surface area contributed by atoms with E-state index >= 15 is 0 Å². The van der Waals surface area contributed by atoms with Gasteiger partial charge in [-0.25, -0.2) is 12.8 Å². The number of piperazine rings is 1. The maximum absolute atomic E-state index is 14.0. The predicted molar refractivity (Wildman–Crippen MR) is 137 cm³/mol. The molecule has 0 radical (unpaired) electrons. The minimum absolute atomic E-state index is 0.00587. The van der Waals surface area contributed by atoms with Crippen LogP contribution < -0.4 is 4.90 Å². The van der Waals surface area contributed by atoms with E-state index in [1.165, 1.54) is 16.4 Å². The summed E-state index contributed by atoms with van der Waals surface area (Å²) in [5.41, 5.74) is 1.75. The van der Waals surface area contributed by atoms with Crippen molar-refractivity contribution in [3.8, 4) is 0 Å². The molecule has 0 spiro atoms. The lowest BCUT2D eigenvalue weighted by Gasteiger charge is -2.42. The Kier molecular flexibility index (Phi) is 7.07. The van der Waals surface area contributed by atoms with Crippen LogP contribution >= 0.6 is 0 Å². The third-order valence-electron chi connectivity index (χ3n) is 7.18. The third-order valence-corrected chi connectivity index (χ3v) is 9.07. The van der Waals surface area contributed by atoms with E-state index in [0.29, 0.717) is 31.5 Å². The van der Waals surface area contributed by atoms with Crippen LogP contribution in [0.5, 0.6) is 0 Å². The number of sulfonamides is 1. The zero-order valence-electron chi connectivity index (χ0n) is 20.0. The van der Waals surface area contributed by atoms with Crippen LogP contribution in [0.3, 0.4) is 0 Å². The molecule has 8 heteroatoms. The number of hydrogen-bond donors (Lipinski definition) is 0. The van der Waals surface area contributed by atoms with Gasteiger partial charge in [-0.15, -0.1) is 0 Å². The van der Waals surface area contributed by atoms with E-state index in [1.807, 2.05) is 23.1 Å². The molecule has 2 saturated heterocycles. The number of benzene rings is 3. The van der Waals surface area contributed by atoms with Crippen molar-refractivity contribution in [3.63, 3.8) is 0 Å². The molecule has 36 heavy (non-hydrogen) atoms. The Morgan fingerprint density at radius 2 is 1.47 bits per heavy atom. The van der Waals surface area contributed by atoms with Crippen LogP contribution in [0.2, 0.25) is 0 Å². The second-order valence-corrected chi connectivity index (χ2v) is 11.3. The van der Waals surface area contributed by atoms with Gasteiger partial charge in [0.2, 0.25) is 15.9 Å². The van der Waals surface area contributed by atoms with E-state index in [1.54, 1.807) is 42.5 Å². The molecule has 0 unspecified atom stereocenters. The van der Waals surface area contributed by atoms with Gasteiger partial charge >= 0.3 is 0 Å². The molecule has 2 aliphatic rings. The first kappa shape index (κ1) is 24.5. The van der Waals surface area contributed by atoms with Crippen molar-refractivity contribution in [1.29, 1.82) is 0 Å². The Balaban J connectivity index is 1.35. The van der Waals surface area contributed by atoms with E-state index in [9.17, 15) is 17.6 Å². The highest BCUT2D eigenvalue weighted by atomic mass is 32.2. The summed E-state index contributed by atoms with van der Waals surface area (Å²) < 4.78 is 42.8. The summed E-state index contributed by atoms with van der Waals surface area (Å²) in [6, 6.07) is 24.0. The van der Waals surface area contributed by atoms with E-state index in [-0.39, 0.29) is 17.3 Å². The number of carbonyl (C=O) groups excluding carboxylic acids is 1. The molecule has 0 aromatic heterocycles. The highest BCUT2D eigenvalue weighted by Gasteiger charge is 2.41. The lowest BCUT2D eigenvalue weighted by Crippen LogP contribution is -2.53. The van der Waals surface area contributed by atoms with Crippen LogP contribution in [0.1, 0.15) is 24.4 Å². The summed E-state index contributed by atoms with van der Waals surface area (Å²) in [5.74, 6) is -0.843. The Labute approximate surface area is 212 Å². The Hall–Kier alpha value is -3.23. The van der Waals surface area contributed by atoms with Crippen molar-refractivity contribution >= 4 is 21.6 Å². The summed E-state index contributed by atoms with van der Waals surface area (Å²) in [4.78, 5) is 17.8. The first-order valence-corrected chi connectivity index (χ1v) is 13.8. The number of hydrogen-bond acceptors (Lipinski definition) is 4. The van der Waals surface area contributed by atoms with E-state index in [4.69, 9.17) is 0 Å². The fourth-order valence-corrected chi connectivity index (χ4v) is 6.97. The Morgan fingerprint density at radius 3 is 2.14 bits per heavy atom. The zero-order chi connectivity index (χ0) is 25.1. The molecule has 0 bridgehead atoms. The molecule has 6 nitrogen and oxygen atoms in total. The van der Waals surface area contributed by atoms with Gasteiger partial charge in [0, 0.05) is 38.4 Å². The number of piperidine rings is 1. The first-order valence-electron chi connectivity index (χ1n) is 12.3. The maximum atomic E-state index is 14.0. The predicted octanol–water partition coefficient (Wildman–Crippen LogP) is 4.32. The van der Waals surface area contributed by atoms with E-state index in [0.717, 1.165) is 18.8 Å². The van der Waals surface area contributed by atoms with Gasteiger partial charge < -0.3 is 9.80 Å². The summed E-state index contributed by atoms with van der Waals surface area (Å²) in [6.45, 7) is 2.75. The van der Waals surface area contributed by atoms with Crippen molar-refractivity contribution in [2.24, 2.45) is 5.92 Å². The first-order chi connectivity index (χ1) is 17.4. The standard InChI is InChI=1S/C28H30FN3O3S/c29-24-9-7-8-22(20-24)27-15-14-23(21-32(27)36(34,35)26-12-5-2-6-13-26)28(33)31-18-16-30(17-19-31)25-10-3-1-4-11-25/h1-13,20,23,27H,14-19,21H2/t23-,27-/m1/s1. The summed E-state index contributed by atoms with van der Waals surface area (Å²) in [5, 5.41) is 0. The molecule has 2 heterocycles. The van der Waals surface area contributed by atoms with Crippen molar-refractivity contribution in [1.82, 2.24) is 9.21 Å². The quantitative estimate of drug-likeness (QED) is 0.516. The fraction of sp³-hybridized carbons (Fsp3) is 0.321. The van der Waals surface area contributed by atoms with Crippen LogP contribution in [0, 0.1) is 11.7 Å². The molecule has 0 saturated carbocycles. The van der Waals surface area contributed by atoms with Crippen LogP contribution in [-0.4, -0.2) is 56.3 Å². The average Bonchev–Trinajstić information content (AvgIpc) is 2.93. The molecule has 2 fully saturated rings. The van der Waals surface area contributed by atoms with Gasteiger partial charge in [-0.3, -0.25) is 4.79 Å². The van der Waals surface area contributed by atoms with Gasteiger partial charge in [0.25, 0.3) is 0 Å². The van der Waals surface area contributed by atoms with Crippen molar-refractivity contribution in [2.45, 2.75) is 23.8 Å². The highest BCUT2D eigenvalue weighted by molar-refractivity contribution is 7.89. The zero-order valence-corrected chi connectivity index (χ0v) is 20.9. The third kappa shape index (κ3) is 5.01. The second-order valence-electron chi connectivity index (χ2n) is 9.38. The minimum atomic E-state index is -3.88. The molecule has 3 aromatic rings. The van der Waals surface area contributed by atoms with Crippen molar-refractivity contribution in [3.05, 3.63) is 96.3 Å². The molecule has 0 N–H and O–H groups in total. The van der Waals surface area contributed by atoms with Crippen molar-refractivity contribution in [2.75, 3.05) is 37.6 Å². The maximum Gasteiger partial charge on any atom is 0.243 e. The lowest BCUT2D eigenvalue weighted by molar-refractivity contribution is -0.137. The topological polar surface area (TPSA) is 60.9 Å². The number of amides is 1. The molecule has 3 aromatic carbocycles. The number of halogens is 1. The number of anilines is 1. The molecule has 1 amide bonds. The molecule has 5 rings (SSSR count). The number of rotatable bonds is 5. The molecule has 0 aliphatic carbocycles. The number of para-hydroxylation sites is 1. The largest absolute Gasteiger partial charge is 0.368 e. The van der Waals surface area contributed by atoms with Gasteiger partial charge in [0.05, 0.1) is 16.9 Å². The summed E-state index contributed by atoms with van der Waals surface area (Å²) >= 11 is 0. The molecular formula is C28H30FN3O3S. The van der Waals surface area contributed by atoms with Gasteiger partial charge in [0.15, 0.2) is 0 Å². The smallest absolute Gasteiger partial charge is 0.243 e. The molecule has 2 atom stereocenters.